The predicted molar refractivity (Wildman–Crippen MR) is 83.1 cm³/mol. The van der Waals surface area contributed by atoms with Crippen molar-refractivity contribution in [1.29, 1.82) is 0 Å². The molecule has 0 amide bonds. The van der Waals surface area contributed by atoms with Crippen molar-refractivity contribution in [3.05, 3.63) is 84.2 Å². The van der Waals surface area contributed by atoms with Gasteiger partial charge in [-0.15, -0.1) is 0 Å². The molecule has 0 saturated heterocycles. The number of rotatable bonds is 6. The summed E-state index contributed by atoms with van der Waals surface area (Å²) in [7, 11) is 0. The summed E-state index contributed by atoms with van der Waals surface area (Å²) in [6, 6.07) is 20.4. The number of hydrogen-bond acceptors (Lipinski definition) is 2. The van der Waals surface area contributed by atoms with Crippen LogP contribution in [-0.4, -0.2) is 9.78 Å². The van der Waals surface area contributed by atoms with Crippen molar-refractivity contribution < 1.29 is 4.74 Å². The van der Waals surface area contributed by atoms with Gasteiger partial charge in [0.25, 0.3) is 0 Å². The van der Waals surface area contributed by atoms with Crippen LogP contribution < -0.4 is 4.74 Å². The van der Waals surface area contributed by atoms with E-state index in [1.54, 1.807) is 6.20 Å². The first-order valence-corrected chi connectivity index (χ1v) is 7.13. The monoisotopic (exact) mass is 278 g/mol. The van der Waals surface area contributed by atoms with E-state index in [1.165, 1.54) is 11.1 Å². The minimum absolute atomic E-state index is 0.605. The van der Waals surface area contributed by atoms with Crippen molar-refractivity contribution in [2.45, 2.75) is 19.6 Å². The van der Waals surface area contributed by atoms with Gasteiger partial charge in [0.1, 0.15) is 12.4 Å². The molecule has 0 spiro atoms. The molecule has 106 valence electrons. The fraction of sp³-hybridized carbons (Fsp3) is 0.167. The van der Waals surface area contributed by atoms with Crippen LogP contribution in [0.3, 0.4) is 0 Å². The van der Waals surface area contributed by atoms with Crippen molar-refractivity contribution in [2.24, 2.45) is 0 Å². The van der Waals surface area contributed by atoms with Crippen LogP contribution in [0.2, 0.25) is 0 Å². The van der Waals surface area contributed by atoms with Gasteiger partial charge in [-0.05, 0) is 35.7 Å². The van der Waals surface area contributed by atoms with Crippen LogP contribution in [-0.2, 0) is 19.6 Å². The quantitative estimate of drug-likeness (QED) is 0.687. The van der Waals surface area contributed by atoms with Crippen molar-refractivity contribution >= 4 is 0 Å². The molecule has 3 heteroatoms. The summed E-state index contributed by atoms with van der Waals surface area (Å²) in [6.45, 7) is 1.50. The highest BCUT2D eigenvalue weighted by Gasteiger charge is 1.98. The highest BCUT2D eigenvalue weighted by Crippen LogP contribution is 2.15. The molecular formula is C18H18N2O. The number of benzene rings is 2. The van der Waals surface area contributed by atoms with Crippen molar-refractivity contribution in [3.63, 3.8) is 0 Å². The Morgan fingerprint density at radius 1 is 0.857 bits per heavy atom. The van der Waals surface area contributed by atoms with E-state index in [0.717, 1.165) is 18.7 Å². The molecule has 3 rings (SSSR count). The number of ether oxygens (including phenoxy) is 1. The maximum Gasteiger partial charge on any atom is 0.119 e. The summed E-state index contributed by atoms with van der Waals surface area (Å²) in [5.74, 6) is 0.904. The highest BCUT2D eigenvalue weighted by atomic mass is 16.5. The lowest BCUT2D eigenvalue weighted by Crippen LogP contribution is -2.01. The van der Waals surface area contributed by atoms with Gasteiger partial charge in [-0.25, -0.2) is 0 Å². The van der Waals surface area contributed by atoms with E-state index < -0.39 is 0 Å². The van der Waals surface area contributed by atoms with Gasteiger partial charge >= 0.3 is 0 Å². The molecule has 0 fully saturated rings. The fourth-order valence-electron chi connectivity index (χ4n) is 2.17. The molecule has 0 atom stereocenters. The maximum atomic E-state index is 5.78. The van der Waals surface area contributed by atoms with Gasteiger partial charge in [0.15, 0.2) is 0 Å². The van der Waals surface area contributed by atoms with Crippen LogP contribution in [0, 0.1) is 0 Å². The summed E-state index contributed by atoms with van der Waals surface area (Å²) in [4.78, 5) is 0. The van der Waals surface area contributed by atoms with E-state index in [0.29, 0.717) is 6.61 Å². The Morgan fingerprint density at radius 3 is 2.38 bits per heavy atom. The minimum Gasteiger partial charge on any atom is -0.489 e. The molecule has 2 aromatic carbocycles. The van der Waals surface area contributed by atoms with Crippen LogP contribution in [0.1, 0.15) is 11.1 Å². The molecule has 0 bridgehead atoms. The van der Waals surface area contributed by atoms with E-state index in [4.69, 9.17) is 4.74 Å². The van der Waals surface area contributed by atoms with Gasteiger partial charge in [-0.1, -0.05) is 42.5 Å². The normalized spacial score (nSPS) is 10.5. The first-order valence-electron chi connectivity index (χ1n) is 7.13. The zero-order chi connectivity index (χ0) is 14.3. The number of aromatic nitrogens is 2. The molecule has 3 nitrogen and oxygen atoms in total. The second-order valence-corrected chi connectivity index (χ2v) is 4.94. The van der Waals surface area contributed by atoms with E-state index in [1.807, 2.05) is 47.3 Å². The number of nitrogens with zero attached hydrogens (tertiary/aromatic N) is 2. The van der Waals surface area contributed by atoms with Gasteiger partial charge < -0.3 is 4.74 Å². The zero-order valence-corrected chi connectivity index (χ0v) is 11.9. The SMILES string of the molecule is c1ccc(COc2ccc(CCn3cccn3)cc2)cc1. The molecular weight excluding hydrogens is 260 g/mol. The third kappa shape index (κ3) is 3.96. The van der Waals surface area contributed by atoms with Gasteiger partial charge in [-0.3, -0.25) is 4.68 Å². The summed E-state index contributed by atoms with van der Waals surface area (Å²) < 4.78 is 7.72. The summed E-state index contributed by atoms with van der Waals surface area (Å²) >= 11 is 0. The smallest absolute Gasteiger partial charge is 0.119 e. The van der Waals surface area contributed by atoms with Crippen molar-refractivity contribution in [1.82, 2.24) is 9.78 Å². The minimum atomic E-state index is 0.605. The molecule has 0 aliphatic heterocycles. The second kappa shape index (κ2) is 6.75. The Hall–Kier alpha value is -2.55. The predicted octanol–water partition coefficient (Wildman–Crippen LogP) is 3.70. The standard InChI is InChI=1S/C18H18N2O/c1-2-5-17(6-3-1)15-21-18-9-7-16(8-10-18)11-14-20-13-4-12-19-20/h1-10,12-13H,11,14-15H2. The van der Waals surface area contributed by atoms with Gasteiger partial charge in [0.2, 0.25) is 0 Å². The Balaban J connectivity index is 1.52. The first kappa shape index (κ1) is 13.4. The lowest BCUT2D eigenvalue weighted by atomic mass is 10.1. The molecule has 3 aromatic rings. The van der Waals surface area contributed by atoms with Gasteiger partial charge in [0, 0.05) is 18.9 Å². The van der Waals surface area contributed by atoms with Crippen LogP contribution in [0.4, 0.5) is 0 Å². The average molecular weight is 278 g/mol. The third-order valence-corrected chi connectivity index (χ3v) is 3.36. The maximum absolute atomic E-state index is 5.78. The number of hydrogen-bond donors (Lipinski definition) is 0. The summed E-state index contributed by atoms with van der Waals surface area (Å²) in [5.41, 5.74) is 2.47. The molecule has 0 N–H and O–H groups in total. The molecule has 0 saturated carbocycles. The molecule has 1 aromatic heterocycles. The van der Waals surface area contributed by atoms with Crippen molar-refractivity contribution in [2.75, 3.05) is 0 Å². The average Bonchev–Trinajstić information content (AvgIpc) is 3.06. The van der Waals surface area contributed by atoms with Gasteiger partial charge in [-0.2, -0.15) is 5.10 Å². The summed E-state index contributed by atoms with van der Waals surface area (Å²) in [6.07, 6.45) is 4.76. The Bertz CT molecular complexity index is 645. The van der Waals surface area contributed by atoms with E-state index >= 15 is 0 Å². The van der Waals surface area contributed by atoms with Crippen LogP contribution in [0.5, 0.6) is 5.75 Å². The van der Waals surface area contributed by atoms with E-state index in [2.05, 4.69) is 29.4 Å². The summed E-state index contributed by atoms with van der Waals surface area (Å²) in [5, 5.41) is 4.20. The lowest BCUT2D eigenvalue weighted by Gasteiger charge is -2.07. The molecule has 0 aliphatic carbocycles. The molecule has 0 radical (unpaired) electrons. The molecule has 0 aliphatic rings. The third-order valence-electron chi connectivity index (χ3n) is 3.36. The van der Waals surface area contributed by atoms with Crippen LogP contribution in [0.15, 0.2) is 73.1 Å². The highest BCUT2D eigenvalue weighted by molar-refractivity contribution is 5.27. The molecule has 1 heterocycles. The first-order chi connectivity index (χ1) is 10.4. The Morgan fingerprint density at radius 2 is 1.67 bits per heavy atom. The van der Waals surface area contributed by atoms with E-state index in [9.17, 15) is 0 Å². The van der Waals surface area contributed by atoms with Crippen LogP contribution >= 0.6 is 0 Å². The zero-order valence-electron chi connectivity index (χ0n) is 11.9. The lowest BCUT2D eigenvalue weighted by molar-refractivity contribution is 0.306. The number of aryl methyl sites for hydroxylation is 2. The topological polar surface area (TPSA) is 27.1 Å². The fourth-order valence-corrected chi connectivity index (χ4v) is 2.17. The largest absolute Gasteiger partial charge is 0.489 e. The van der Waals surface area contributed by atoms with E-state index in [-0.39, 0.29) is 0 Å². The second-order valence-electron chi connectivity index (χ2n) is 4.94. The Labute approximate surface area is 124 Å². The van der Waals surface area contributed by atoms with Crippen molar-refractivity contribution in [3.8, 4) is 5.75 Å². The molecule has 0 unspecified atom stereocenters. The Kier molecular flexibility index (Phi) is 4.32. The molecule has 21 heavy (non-hydrogen) atoms. The van der Waals surface area contributed by atoms with Gasteiger partial charge in [0.05, 0.1) is 0 Å². The van der Waals surface area contributed by atoms with Crippen LogP contribution in [0.25, 0.3) is 0 Å².